The maximum absolute atomic E-state index is 12.5. The molecule has 0 aliphatic carbocycles. The van der Waals surface area contributed by atoms with Crippen molar-refractivity contribution in [2.24, 2.45) is 0 Å². The van der Waals surface area contributed by atoms with Gasteiger partial charge in [-0.25, -0.2) is 14.0 Å². The summed E-state index contributed by atoms with van der Waals surface area (Å²) >= 11 is 0. The van der Waals surface area contributed by atoms with E-state index in [-0.39, 0.29) is 0 Å². The molecule has 0 aliphatic heterocycles. The Hall–Kier alpha value is -1.65. The lowest BCUT2D eigenvalue weighted by molar-refractivity contribution is -0.165. The van der Waals surface area contributed by atoms with Gasteiger partial charge in [0.25, 0.3) is 0 Å². The molecule has 0 saturated heterocycles. The van der Waals surface area contributed by atoms with Gasteiger partial charge in [0.2, 0.25) is 0 Å². The molecule has 0 rings (SSSR count). The van der Waals surface area contributed by atoms with E-state index >= 15 is 0 Å². The average Bonchev–Trinajstić information content (AvgIpc) is 2.13. The minimum Gasteiger partial charge on any atom is -0.461 e. The summed E-state index contributed by atoms with van der Waals surface area (Å²) in [5, 5.41) is 0. The van der Waals surface area contributed by atoms with Gasteiger partial charge in [-0.3, -0.25) is 0 Å². The van der Waals surface area contributed by atoms with Crippen molar-refractivity contribution in [3.8, 4) is 0 Å². The first-order valence-electron chi connectivity index (χ1n) is 3.34. The average molecular weight is 188 g/mol. The van der Waals surface area contributed by atoms with Crippen LogP contribution in [0.2, 0.25) is 0 Å². The molecule has 4 nitrogen and oxygen atoms in total. The van der Waals surface area contributed by atoms with Crippen LogP contribution in [0, 0.1) is 0 Å². The third kappa shape index (κ3) is 4.73. The molecule has 72 valence electrons. The summed E-state index contributed by atoms with van der Waals surface area (Å²) in [4.78, 5) is 21.0. The number of esters is 2. The quantitative estimate of drug-likeness (QED) is 0.372. The molecule has 0 unspecified atom stereocenters. The zero-order chi connectivity index (χ0) is 10.3. The van der Waals surface area contributed by atoms with Crippen molar-refractivity contribution in [2.45, 2.75) is 0 Å². The Morgan fingerprint density at radius 3 is 2.54 bits per heavy atom. The first-order valence-corrected chi connectivity index (χ1v) is 3.34. The Balaban J connectivity index is 3.89. The molecule has 0 N–H and O–H groups in total. The topological polar surface area (TPSA) is 52.6 Å². The molecule has 0 saturated carbocycles. The number of hydrogen-bond acceptors (Lipinski definition) is 4. The first kappa shape index (κ1) is 11.4. The Morgan fingerprint density at radius 1 is 1.46 bits per heavy atom. The summed E-state index contributed by atoms with van der Waals surface area (Å²) < 4.78 is 20.7. The van der Waals surface area contributed by atoms with Crippen LogP contribution in [-0.4, -0.2) is 25.7 Å². The molecular weight excluding hydrogens is 179 g/mol. The molecule has 5 heteroatoms. The van der Waals surface area contributed by atoms with E-state index in [1.54, 1.807) is 0 Å². The summed E-state index contributed by atoms with van der Waals surface area (Å²) in [6.07, 6.45) is 2.21. The summed E-state index contributed by atoms with van der Waals surface area (Å²) in [5.74, 6) is -3.09. The summed E-state index contributed by atoms with van der Waals surface area (Å²) in [6, 6.07) is 0. The summed E-state index contributed by atoms with van der Waals surface area (Å²) in [7, 11) is 1.03. The van der Waals surface area contributed by atoms with Crippen LogP contribution in [0.4, 0.5) is 4.39 Å². The molecule has 13 heavy (non-hydrogen) atoms. The second-order valence-electron chi connectivity index (χ2n) is 1.92. The van der Waals surface area contributed by atoms with E-state index in [0.29, 0.717) is 0 Å². The van der Waals surface area contributed by atoms with Crippen molar-refractivity contribution in [1.82, 2.24) is 0 Å². The highest BCUT2D eigenvalue weighted by Gasteiger charge is 2.15. The lowest BCUT2D eigenvalue weighted by atomic mass is 10.5. The fourth-order valence-corrected chi connectivity index (χ4v) is 0.453. The van der Waals surface area contributed by atoms with Gasteiger partial charge < -0.3 is 9.47 Å². The van der Waals surface area contributed by atoms with Crippen molar-refractivity contribution < 1.29 is 23.5 Å². The molecular formula is C8H9FO4. The molecule has 0 amide bonds. The highest BCUT2D eigenvalue weighted by Crippen LogP contribution is 1.97. The highest BCUT2D eigenvalue weighted by atomic mass is 19.1. The zero-order valence-electron chi connectivity index (χ0n) is 7.08. The van der Waals surface area contributed by atoms with Crippen molar-refractivity contribution in [3.05, 3.63) is 24.6 Å². The van der Waals surface area contributed by atoms with Crippen molar-refractivity contribution >= 4 is 11.9 Å². The smallest absolute Gasteiger partial charge is 0.417 e. The fraction of sp³-hybridized carbons (Fsp3) is 0.250. The molecule has 0 atom stereocenters. The van der Waals surface area contributed by atoms with Crippen LogP contribution in [0.5, 0.6) is 0 Å². The van der Waals surface area contributed by atoms with Gasteiger partial charge in [0.05, 0.1) is 7.11 Å². The number of carbonyl (C=O) groups excluding carboxylic acids is 2. The molecule has 0 fully saturated rings. The summed E-state index contributed by atoms with van der Waals surface area (Å²) in [5.41, 5.74) is 0. The predicted octanol–water partition coefficient (Wildman–Crippen LogP) is 0.742. The van der Waals surface area contributed by atoms with Gasteiger partial charge in [0.1, 0.15) is 12.4 Å². The lowest BCUT2D eigenvalue weighted by Crippen LogP contribution is -2.19. The van der Waals surface area contributed by atoms with Crippen molar-refractivity contribution in [2.75, 3.05) is 13.7 Å². The predicted molar refractivity (Wildman–Crippen MR) is 42.4 cm³/mol. The Kier molecular flexibility index (Phi) is 5.18. The van der Waals surface area contributed by atoms with Crippen LogP contribution in [-0.2, 0) is 19.1 Å². The van der Waals surface area contributed by atoms with Crippen LogP contribution in [0.1, 0.15) is 0 Å². The van der Waals surface area contributed by atoms with Gasteiger partial charge in [0, 0.05) is 0 Å². The summed E-state index contributed by atoms with van der Waals surface area (Å²) in [6.45, 7) is 2.63. The number of rotatable bonds is 3. The van der Waals surface area contributed by atoms with Gasteiger partial charge in [-0.2, -0.15) is 0 Å². The Bertz CT molecular complexity index is 245. The van der Waals surface area contributed by atoms with Crippen LogP contribution < -0.4 is 0 Å². The SMILES string of the molecule is C=C/C=C(\F)COC(=O)C(=O)OC. The molecule has 0 bridgehead atoms. The maximum atomic E-state index is 12.5. The number of allylic oxidation sites excluding steroid dienone is 2. The zero-order valence-corrected chi connectivity index (χ0v) is 7.08. The van der Waals surface area contributed by atoms with E-state index < -0.39 is 24.4 Å². The van der Waals surface area contributed by atoms with Gasteiger partial charge in [-0.05, 0) is 6.08 Å². The van der Waals surface area contributed by atoms with Crippen molar-refractivity contribution in [3.63, 3.8) is 0 Å². The number of methoxy groups -OCH3 is 1. The molecule has 0 spiro atoms. The molecule has 0 aromatic heterocycles. The first-order chi connectivity index (χ1) is 6.11. The Labute approximate surface area is 74.6 Å². The second-order valence-corrected chi connectivity index (χ2v) is 1.92. The van der Waals surface area contributed by atoms with Crippen molar-refractivity contribution in [1.29, 1.82) is 0 Å². The highest BCUT2D eigenvalue weighted by molar-refractivity contribution is 6.29. The third-order valence-corrected chi connectivity index (χ3v) is 0.992. The minimum absolute atomic E-state index is 0.597. The fourth-order valence-electron chi connectivity index (χ4n) is 0.453. The standard InChI is InChI=1S/C8H9FO4/c1-3-4-6(9)5-13-8(11)7(10)12-2/h3-4H,1,5H2,2H3/b6-4-. The van der Waals surface area contributed by atoms with Crippen LogP contribution >= 0.6 is 0 Å². The molecule has 0 radical (unpaired) electrons. The third-order valence-electron chi connectivity index (χ3n) is 0.992. The normalized spacial score (nSPS) is 10.5. The number of halogens is 1. The molecule has 0 aromatic carbocycles. The van der Waals surface area contributed by atoms with E-state index in [1.807, 2.05) is 0 Å². The van der Waals surface area contributed by atoms with Crippen LogP contribution in [0.3, 0.4) is 0 Å². The van der Waals surface area contributed by atoms with Gasteiger partial charge in [-0.1, -0.05) is 12.7 Å². The van der Waals surface area contributed by atoms with Crippen LogP contribution in [0.25, 0.3) is 0 Å². The molecule has 0 heterocycles. The maximum Gasteiger partial charge on any atom is 0.417 e. The number of hydrogen-bond donors (Lipinski definition) is 0. The number of ether oxygens (including phenoxy) is 2. The van der Waals surface area contributed by atoms with E-state index in [2.05, 4.69) is 16.1 Å². The van der Waals surface area contributed by atoms with E-state index in [1.165, 1.54) is 6.08 Å². The van der Waals surface area contributed by atoms with Crippen LogP contribution in [0.15, 0.2) is 24.6 Å². The van der Waals surface area contributed by atoms with Gasteiger partial charge >= 0.3 is 11.9 Å². The molecule has 0 aromatic rings. The minimum atomic E-state index is -1.23. The van der Waals surface area contributed by atoms with E-state index in [0.717, 1.165) is 13.2 Å². The Morgan fingerprint density at radius 2 is 2.08 bits per heavy atom. The lowest BCUT2D eigenvalue weighted by Gasteiger charge is -1.99. The van der Waals surface area contributed by atoms with Gasteiger partial charge in [0.15, 0.2) is 0 Å². The van der Waals surface area contributed by atoms with Gasteiger partial charge in [-0.15, -0.1) is 0 Å². The van der Waals surface area contributed by atoms with E-state index in [9.17, 15) is 14.0 Å². The number of carbonyl (C=O) groups is 2. The molecule has 0 aliphatic rings. The largest absolute Gasteiger partial charge is 0.461 e. The monoisotopic (exact) mass is 188 g/mol. The second kappa shape index (κ2) is 5.93. The van der Waals surface area contributed by atoms with E-state index in [4.69, 9.17) is 0 Å².